The summed E-state index contributed by atoms with van der Waals surface area (Å²) in [7, 11) is 0. The van der Waals surface area contributed by atoms with Gasteiger partial charge in [0.15, 0.2) is 0 Å². The monoisotopic (exact) mass is 345 g/mol. The molecule has 0 radical (unpaired) electrons. The van der Waals surface area contributed by atoms with Gasteiger partial charge in [-0.25, -0.2) is 9.78 Å². The molecule has 0 aromatic carbocycles. The summed E-state index contributed by atoms with van der Waals surface area (Å²) in [4.78, 5) is 19.4. The normalized spacial score (nSPS) is 22.8. The first-order valence-electron chi connectivity index (χ1n) is 8.83. The van der Waals surface area contributed by atoms with Crippen molar-refractivity contribution in [2.75, 3.05) is 6.54 Å². The Hall–Kier alpha value is -1.82. The molecule has 0 bridgehead atoms. The second-order valence-corrected chi connectivity index (χ2v) is 7.64. The molecule has 2 amide bonds. The number of nitrogens with zero attached hydrogens (tertiary/aromatic N) is 2. The smallest absolute Gasteiger partial charge is 0.318 e. The van der Waals surface area contributed by atoms with Crippen LogP contribution in [0, 0.1) is 5.92 Å². The van der Waals surface area contributed by atoms with Crippen molar-refractivity contribution in [3.8, 4) is 0 Å². The lowest BCUT2D eigenvalue weighted by Crippen LogP contribution is -2.44. The van der Waals surface area contributed by atoms with Crippen molar-refractivity contribution in [1.82, 2.24) is 15.2 Å². The van der Waals surface area contributed by atoms with E-state index < -0.39 is 0 Å². The Kier molecular flexibility index (Phi) is 4.56. The number of nitrogens with one attached hydrogen (secondary N) is 1. The highest BCUT2D eigenvalue weighted by atomic mass is 32.1. The van der Waals surface area contributed by atoms with Crippen LogP contribution in [0.1, 0.15) is 61.4 Å². The fourth-order valence-electron chi connectivity index (χ4n) is 3.54. The van der Waals surface area contributed by atoms with Crippen LogP contribution in [0.4, 0.5) is 4.79 Å². The number of amides is 2. The molecule has 2 aromatic rings. The lowest BCUT2D eigenvalue weighted by molar-refractivity contribution is 0.161. The van der Waals surface area contributed by atoms with Crippen molar-refractivity contribution in [3.63, 3.8) is 0 Å². The summed E-state index contributed by atoms with van der Waals surface area (Å²) in [5, 5.41) is 6.27. The molecule has 24 heavy (non-hydrogen) atoms. The Labute approximate surface area is 146 Å². The molecule has 2 fully saturated rings. The van der Waals surface area contributed by atoms with Crippen LogP contribution in [0.2, 0.25) is 0 Å². The van der Waals surface area contributed by atoms with Gasteiger partial charge in [-0.05, 0) is 43.7 Å². The standard InChI is InChI=1S/C18H23N3O2S/c22-18(20-16(13-7-8-13)17-19-9-12-24-17)21-10-3-1-2-5-14(21)15-6-4-11-23-15/h4,6,9,11-14,16H,1-3,5,7-8,10H2,(H,20,22)/t14-,16-/m0/s1. The highest BCUT2D eigenvalue weighted by Crippen LogP contribution is 2.42. The van der Waals surface area contributed by atoms with E-state index in [9.17, 15) is 4.79 Å². The molecule has 1 saturated heterocycles. The molecule has 3 heterocycles. The van der Waals surface area contributed by atoms with Crippen molar-refractivity contribution in [2.45, 2.75) is 50.6 Å². The zero-order valence-corrected chi connectivity index (χ0v) is 14.5. The number of carbonyl (C=O) groups is 1. The van der Waals surface area contributed by atoms with Crippen molar-refractivity contribution in [3.05, 3.63) is 40.7 Å². The predicted molar refractivity (Wildman–Crippen MR) is 92.7 cm³/mol. The van der Waals surface area contributed by atoms with Gasteiger partial charge in [-0.15, -0.1) is 11.3 Å². The van der Waals surface area contributed by atoms with Crippen LogP contribution in [-0.4, -0.2) is 22.5 Å². The van der Waals surface area contributed by atoms with Gasteiger partial charge in [-0.2, -0.15) is 0 Å². The second kappa shape index (κ2) is 6.97. The van der Waals surface area contributed by atoms with Crippen LogP contribution >= 0.6 is 11.3 Å². The third kappa shape index (κ3) is 3.34. The molecule has 6 heteroatoms. The lowest BCUT2D eigenvalue weighted by Gasteiger charge is -2.30. The van der Waals surface area contributed by atoms with E-state index in [0.29, 0.717) is 5.92 Å². The van der Waals surface area contributed by atoms with Crippen LogP contribution in [0.5, 0.6) is 0 Å². The van der Waals surface area contributed by atoms with Gasteiger partial charge in [-0.1, -0.05) is 12.8 Å². The first kappa shape index (κ1) is 15.7. The maximum atomic E-state index is 13.0. The molecule has 0 unspecified atom stereocenters. The number of likely N-dealkylation sites (tertiary alicyclic amines) is 1. The largest absolute Gasteiger partial charge is 0.467 e. The molecule has 2 aliphatic rings. The van der Waals surface area contributed by atoms with Crippen LogP contribution in [0.15, 0.2) is 34.4 Å². The van der Waals surface area contributed by atoms with Crippen LogP contribution in [0.3, 0.4) is 0 Å². The van der Waals surface area contributed by atoms with E-state index in [-0.39, 0.29) is 18.1 Å². The van der Waals surface area contributed by atoms with E-state index in [1.165, 1.54) is 19.3 Å². The third-order valence-electron chi connectivity index (χ3n) is 4.98. The van der Waals surface area contributed by atoms with E-state index in [0.717, 1.165) is 36.6 Å². The summed E-state index contributed by atoms with van der Waals surface area (Å²) >= 11 is 1.63. The van der Waals surface area contributed by atoms with Crippen molar-refractivity contribution in [1.29, 1.82) is 0 Å². The minimum absolute atomic E-state index is 0.0189. The number of carbonyl (C=O) groups excluding carboxylic acids is 1. The first-order chi connectivity index (χ1) is 11.8. The number of urea groups is 1. The number of furan rings is 1. The average molecular weight is 345 g/mol. The number of hydrogen-bond acceptors (Lipinski definition) is 4. The molecular formula is C18H23N3O2S. The Balaban J connectivity index is 1.52. The maximum Gasteiger partial charge on any atom is 0.318 e. The van der Waals surface area contributed by atoms with Gasteiger partial charge in [0.05, 0.1) is 18.3 Å². The SMILES string of the molecule is O=C(N[C@H](c1nccs1)C1CC1)N1CCCCC[C@H]1c1ccco1. The van der Waals surface area contributed by atoms with Gasteiger partial charge in [0.2, 0.25) is 0 Å². The predicted octanol–water partition coefficient (Wildman–Crippen LogP) is 4.51. The van der Waals surface area contributed by atoms with Crippen LogP contribution in [-0.2, 0) is 0 Å². The number of aromatic nitrogens is 1. The van der Waals surface area contributed by atoms with Gasteiger partial charge in [-0.3, -0.25) is 0 Å². The Morgan fingerprint density at radius 3 is 2.96 bits per heavy atom. The molecule has 4 rings (SSSR count). The molecule has 5 nitrogen and oxygen atoms in total. The van der Waals surface area contributed by atoms with Gasteiger partial charge < -0.3 is 14.6 Å². The van der Waals surface area contributed by atoms with Gasteiger partial charge in [0.25, 0.3) is 0 Å². The zero-order valence-electron chi connectivity index (χ0n) is 13.7. The fraction of sp³-hybridized carbons (Fsp3) is 0.556. The van der Waals surface area contributed by atoms with Crippen molar-refractivity contribution >= 4 is 17.4 Å². The molecule has 2 atom stereocenters. The quantitative estimate of drug-likeness (QED) is 0.886. The second-order valence-electron chi connectivity index (χ2n) is 6.71. The number of thiazole rings is 1. The molecule has 0 spiro atoms. The van der Waals surface area contributed by atoms with E-state index in [2.05, 4.69) is 10.3 Å². The van der Waals surface area contributed by atoms with Crippen LogP contribution < -0.4 is 5.32 Å². The first-order valence-corrected chi connectivity index (χ1v) is 9.71. The van der Waals surface area contributed by atoms with E-state index >= 15 is 0 Å². The maximum absolute atomic E-state index is 13.0. The van der Waals surface area contributed by atoms with Crippen molar-refractivity contribution in [2.24, 2.45) is 5.92 Å². The minimum atomic E-state index is 0.0189. The van der Waals surface area contributed by atoms with Gasteiger partial charge in [0.1, 0.15) is 10.8 Å². The summed E-state index contributed by atoms with van der Waals surface area (Å²) in [6, 6.07) is 4.00. The van der Waals surface area contributed by atoms with E-state index in [1.807, 2.05) is 28.6 Å². The summed E-state index contributed by atoms with van der Waals surface area (Å²) in [5.74, 6) is 1.43. The molecule has 1 aliphatic heterocycles. The number of rotatable bonds is 4. The topological polar surface area (TPSA) is 58.4 Å². The minimum Gasteiger partial charge on any atom is -0.467 e. The molecule has 128 valence electrons. The van der Waals surface area contributed by atoms with E-state index in [1.54, 1.807) is 17.6 Å². The number of hydrogen-bond donors (Lipinski definition) is 1. The highest BCUT2D eigenvalue weighted by Gasteiger charge is 2.37. The van der Waals surface area contributed by atoms with E-state index in [4.69, 9.17) is 4.42 Å². The summed E-state index contributed by atoms with van der Waals surface area (Å²) in [6.45, 7) is 0.784. The molecule has 1 saturated carbocycles. The summed E-state index contributed by atoms with van der Waals surface area (Å²) in [5.41, 5.74) is 0. The summed E-state index contributed by atoms with van der Waals surface area (Å²) < 4.78 is 5.61. The Bertz CT molecular complexity index is 652. The zero-order chi connectivity index (χ0) is 16.4. The molecule has 1 aliphatic carbocycles. The molecule has 2 aromatic heterocycles. The van der Waals surface area contributed by atoms with Crippen molar-refractivity contribution < 1.29 is 9.21 Å². The van der Waals surface area contributed by atoms with Gasteiger partial charge in [0, 0.05) is 18.1 Å². The molecule has 1 N–H and O–H groups in total. The van der Waals surface area contributed by atoms with Crippen LogP contribution in [0.25, 0.3) is 0 Å². The van der Waals surface area contributed by atoms with Gasteiger partial charge >= 0.3 is 6.03 Å². The fourth-order valence-corrected chi connectivity index (χ4v) is 4.32. The molecular weight excluding hydrogens is 322 g/mol. The summed E-state index contributed by atoms with van der Waals surface area (Å²) in [6.07, 6.45) is 10.2. The lowest BCUT2D eigenvalue weighted by atomic mass is 10.1. The average Bonchev–Trinajstić information content (AvgIpc) is 3.11. The highest BCUT2D eigenvalue weighted by molar-refractivity contribution is 7.09. The Morgan fingerprint density at radius 1 is 1.33 bits per heavy atom. The Morgan fingerprint density at radius 2 is 2.25 bits per heavy atom. The third-order valence-corrected chi connectivity index (χ3v) is 5.83.